The van der Waals surface area contributed by atoms with Gasteiger partial charge in [-0.05, 0) is 31.2 Å². The maximum Gasteiger partial charge on any atom is 0.132 e. The summed E-state index contributed by atoms with van der Waals surface area (Å²) in [6.07, 6.45) is 7.52. The molecule has 0 saturated carbocycles. The summed E-state index contributed by atoms with van der Waals surface area (Å²) in [7, 11) is 0. The second-order valence-corrected chi connectivity index (χ2v) is 5.99. The molecule has 0 saturated heterocycles. The molecule has 1 unspecified atom stereocenters. The lowest BCUT2D eigenvalue weighted by Gasteiger charge is -2.15. The monoisotopic (exact) mass is 301 g/mol. The fourth-order valence-electron chi connectivity index (χ4n) is 2.82. The van der Waals surface area contributed by atoms with E-state index < -0.39 is 0 Å². The van der Waals surface area contributed by atoms with Gasteiger partial charge < -0.3 is 5.32 Å². The first-order chi connectivity index (χ1) is 10.3. The normalized spacial score (nSPS) is 15.9. The molecule has 0 aliphatic heterocycles. The van der Waals surface area contributed by atoms with Gasteiger partial charge in [-0.3, -0.25) is 0 Å². The van der Waals surface area contributed by atoms with E-state index in [1.54, 1.807) is 6.33 Å². The van der Waals surface area contributed by atoms with E-state index in [0.717, 1.165) is 24.2 Å². The summed E-state index contributed by atoms with van der Waals surface area (Å²) in [5, 5.41) is 3.36. The van der Waals surface area contributed by atoms with E-state index in [-0.39, 0.29) is 5.38 Å². The highest BCUT2D eigenvalue weighted by Gasteiger charge is 2.15. The number of nitrogens with one attached hydrogen (secondary N) is 1. The van der Waals surface area contributed by atoms with E-state index in [0.29, 0.717) is 6.54 Å². The molecule has 0 bridgehead atoms. The zero-order valence-electron chi connectivity index (χ0n) is 12.1. The molecule has 0 amide bonds. The minimum Gasteiger partial charge on any atom is -0.368 e. The van der Waals surface area contributed by atoms with E-state index in [9.17, 15) is 0 Å². The van der Waals surface area contributed by atoms with Crippen LogP contribution in [0.5, 0.6) is 0 Å². The molecular formula is C17H20ClN3. The minimum absolute atomic E-state index is 0.0532. The molecule has 1 atom stereocenters. The Bertz CT molecular complexity index is 586. The van der Waals surface area contributed by atoms with Crippen LogP contribution in [-0.2, 0) is 12.8 Å². The minimum atomic E-state index is -0.0532. The molecule has 3 nitrogen and oxygen atoms in total. The smallest absolute Gasteiger partial charge is 0.132 e. The van der Waals surface area contributed by atoms with Crippen LogP contribution in [0.4, 0.5) is 5.82 Å². The third kappa shape index (κ3) is 3.53. The van der Waals surface area contributed by atoms with Crippen LogP contribution in [0.25, 0.3) is 0 Å². The number of aryl methyl sites for hydroxylation is 1. The van der Waals surface area contributed by atoms with Crippen molar-refractivity contribution in [1.82, 2.24) is 9.97 Å². The molecule has 0 spiro atoms. The Morgan fingerprint density at radius 3 is 2.71 bits per heavy atom. The van der Waals surface area contributed by atoms with Crippen LogP contribution in [0, 0.1) is 0 Å². The zero-order valence-corrected chi connectivity index (χ0v) is 12.8. The van der Waals surface area contributed by atoms with E-state index in [1.807, 2.05) is 18.2 Å². The quantitative estimate of drug-likeness (QED) is 0.681. The van der Waals surface area contributed by atoms with Gasteiger partial charge in [0.1, 0.15) is 12.1 Å². The van der Waals surface area contributed by atoms with Crippen molar-refractivity contribution in [2.45, 2.75) is 37.5 Å². The molecule has 1 aliphatic carbocycles. The van der Waals surface area contributed by atoms with Crippen molar-refractivity contribution in [1.29, 1.82) is 0 Å². The number of aromatic nitrogens is 2. The Labute approximate surface area is 130 Å². The first-order valence-electron chi connectivity index (χ1n) is 7.60. The third-order valence-corrected chi connectivity index (χ3v) is 4.39. The molecule has 3 rings (SSSR count). The van der Waals surface area contributed by atoms with E-state index in [1.165, 1.54) is 30.5 Å². The van der Waals surface area contributed by atoms with Gasteiger partial charge in [-0.2, -0.15) is 0 Å². The predicted molar refractivity (Wildman–Crippen MR) is 86.8 cm³/mol. The number of hydrogen-bond donors (Lipinski definition) is 1. The van der Waals surface area contributed by atoms with Crippen LogP contribution in [0.2, 0.25) is 0 Å². The number of halogens is 1. The number of hydrogen-bond acceptors (Lipinski definition) is 3. The summed E-state index contributed by atoms with van der Waals surface area (Å²) in [6.45, 7) is 0.676. The van der Waals surface area contributed by atoms with Crippen LogP contribution < -0.4 is 5.32 Å². The highest BCUT2D eigenvalue weighted by Crippen LogP contribution is 2.25. The Balaban J connectivity index is 1.71. The van der Waals surface area contributed by atoms with Crippen molar-refractivity contribution in [2.24, 2.45) is 0 Å². The molecule has 1 heterocycles. The second kappa shape index (κ2) is 6.90. The van der Waals surface area contributed by atoms with E-state index >= 15 is 0 Å². The zero-order chi connectivity index (χ0) is 14.5. The highest BCUT2D eigenvalue weighted by atomic mass is 35.5. The summed E-state index contributed by atoms with van der Waals surface area (Å²) in [4.78, 5) is 8.86. The maximum atomic E-state index is 6.47. The van der Waals surface area contributed by atoms with Gasteiger partial charge in [0.05, 0.1) is 5.38 Å². The lowest BCUT2D eigenvalue weighted by Crippen LogP contribution is -2.12. The van der Waals surface area contributed by atoms with Crippen LogP contribution in [0.1, 0.15) is 41.5 Å². The Morgan fingerprint density at radius 1 is 1.05 bits per heavy atom. The molecule has 110 valence electrons. The summed E-state index contributed by atoms with van der Waals surface area (Å²) in [5.41, 5.74) is 3.62. The molecule has 0 fully saturated rings. The molecule has 1 aliphatic rings. The summed E-state index contributed by atoms with van der Waals surface area (Å²) in [6, 6.07) is 10.1. The molecule has 0 radical (unpaired) electrons. The first kappa shape index (κ1) is 14.3. The molecular weight excluding hydrogens is 282 g/mol. The highest BCUT2D eigenvalue weighted by molar-refractivity contribution is 6.21. The number of rotatable bonds is 4. The lowest BCUT2D eigenvalue weighted by atomic mass is 10.1. The van der Waals surface area contributed by atoms with Crippen molar-refractivity contribution in [3.8, 4) is 0 Å². The van der Waals surface area contributed by atoms with Crippen LogP contribution in [0.15, 0.2) is 36.7 Å². The molecule has 1 N–H and O–H groups in total. The van der Waals surface area contributed by atoms with Crippen molar-refractivity contribution in [3.05, 3.63) is 53.5 Å². The van der Waals surface area contributed by atoms with E-state index in [4.69, 9.17) is 11.6 Å². The topological polar surface area (TPSA) is 37.8 Å². The first-order valence-corrected chi connectivity index (χ1v) is 8.04. The molecule has 1 aromatic carbocycles. The molecule has 4 heteroatoms. The SMILES string of the molecule is ClC(CNc1ncnc2c1CCCCC2)c1ccccc1. The largest absolute Gasteiger partial charge is 0.368 e. The Morgan fingerprint density at radius 2 is 1.86 bits per heavy atom. The van der Waals surface area contributed by atoms with Gasteiger partial charge in [-0.15, -0.1) is 11.6 Å². The van der Waals surface area contributed by atoms with Gasteiger partial charge in [-0.1, -0.05) is 36.8 Å². The van der Waals surface area contributed by atoms with Gasteiger partial charge >= 0.3 is 0 Å². The number of fused-ring (bicyclic) bond motifs is 1. The van der Waals surface area contributed by atoms with Crippen molar-refractivity contribution < 1.29 is 0 Å². The van der Waals surface area contributed by atoms with Crippen molar-refractivity contribution in [2.75, 3.05) is 11.9 Å². The van der Waals surface area contributed by atoms with Gasteiger partial charge in [0.15, 0.2) is 0 Å². The third-order valence-electron chi connectivity index (χ3n) is 3.98. The molecule has 2 aromatic rings. The Hall–Kier alpha value is -1.61. The average Bonchev–Trinajstić information content (AvgIpc) is 2.79. The fourth-order valence-corrected chi connectivity index (χ4v) is 3.04. The van der Waals surface area contributed by atoms with Gasteiger partial charge in [0.2, 0.25) is 0 Å². The number of benzene rings is 1. The Kier molecular flexibility index (Phi) is 4.71. The summed E-state index contributed by atoms with van der Waals surface area (Å²) in [5.74, 6) is 0.962. The second-order valence-electron chi connectivity index (χ2n) is 5.47. The average molecular weight is 302 g/mol. The number of nitrogens with zero attached hydrogens (tertiary/aromatic N) is 2. The van der Waals surface area contributed by atoms with Crippen LogP contribution >= 0.6 is 11.6 Å². The maximum absolute atomic E-state index is 6.47. The van der Waals surface area contributed by atoms with Crippen LogP contribution in [-0.4, -0.2) is 16.5 Å². The van der Waals surface area contributed by atoms with Gasteiger partial charge in [0, 0.05) is 17.8 Å². The van der Waals surface area contributed by atoms with Crippen LogP contribution in [0.3, 0.4) is 0 Å². The predicted octanol–water partition coefficient (Wildman–Crippen LogP) is 4.14. The van der Waals surface area contributed by atoms with Gasteiger partial charge in [0.25, 0.3) is 0 Å². The summed E-state index contributed by atoms with van der Waals surface area (Å²) >= 11 is 6.47. The number of anilines is 1. The van der Waals surface area contributed by atoms with Gasteiger partial charge in [-0.25, -0.2) is 9.97 Å². The molecule has 21 heavy (non-hydrogen) atoms. The molecule has 1 aromatic heterocycles. The summed E-state index contributed by atoms with van der Waals surface area (Å²) < 4.78 is 0. The lowest BCUT2D eigenvalue weighted by molar-refractivity contribution is 0.708. The van der Waals surface area contributed by atoms with Crippen molar-refractivity contribution >= 4 is 17.4 Å². The van der Waals surface area contributed by atoms with Crippen molar-refractivity contribution in [3.63, 3.8) is 0 Å². The standard InChI is InChI=1S/C17H20ClN3/c18-15(13-7-3-1-4-8-13)11-19-17-14-9-5-2-6-10-16(14)20-12-21-17/h1,3-4,7-8,12,15H,2,5-6,9-11H2,(H,19,20,21). The fraction of sp³-hybridized carbons (Fsp3) is 0.412. The number of alkyl halides is 1. The van der Waals surface area contributed by atoms with E-state index in [2.05, 4.69) is 27.4 Å².